The van der Waals surface area contributed by atoms with E-state index < -0.39 is 0 Å². The Labute approximate surface area is 79.8 Å². The van der Waals surface area contributed by atoms with E-state index in [0.29, 0.717) is 0 Å². The molecule has 12 heavy (non-hydrogen) atoms. The second kappa shape index (κ2) is 4.89. The molecule has 2 radical (unpaired) electrons. The van der Waals surface area contributed by atoms with Gasteiger partial charge in [-0.3, -0.25) is 0 Å². The first-order valence-electron chi connectivity index (χ1n) is 3.66. The summed E-state index contributed by atoms with van der Waals surface area (Å²) in [5, 5.41) is 1.71. The number of hydrogen-bond donors (Lipinski definition) is 1. The first-order valence-corrected chi connectivity index (χ1v) is 4.18. The fourth-order valence-corrected chi connectivity index (χ4v) is 1.16. The zero-order valence-electron chi connectivity index (χ0n) is 6.64. The van der Waals surface area contributed by atoms with Crippen molar-refractivity contribution in [1.82, 2.24) is 0 Å². The molecule has 0 aliphatic heterocycles. The van der Waals surface area contributed by atoms with Gasteiger partial charge in [-0.2, -0.15) is 12.6 Å². The maximum atomic E-state index is 5.30. The van der Waals surface area contributed by atoms with Crippen molar-refractivity contribution >= 4 is 32.6 Å². The summed E-state index contributed by atoms with van der Waals surface area (Å²) in [6.45, 7) is 0. The van der Waals surface area contributed by atoms with Gasteiger partial charge in [0.25, 0.3) is 0 Å². The molecule has 1 rings (SSSR count). The SMILES string of the molecule is [B]/C=C/c1ccccc1/C=C/S. The van der Waals surface area contributed by atoms with Crippen molar-refractivity contribution < 1.29 is 0 Å². The van der Waals surface area contributed by atoms with Gasteiger partial charge in [0.05, 0.1) is 0 Å². The van der Waals surface area contributed by atoms with Gasteiger partial charge in [-0.1, -0.05) is 30.3 Å². The molecular weight excluding hydrogens is 163 g/mol. The van der Waals surface area contributed by atoms with Gasteiger partial charge < -0.3 is 0 Å². The van der Waals surface area contributed by atoms with Crippen LogP contribution in [0.2, 0.25) is 0 Å². The smallest absolute Gasteiger partial charge is 0.102 e. The predicted octanol–water partition coefficient (Wildman–Crippen LogP) is 2.73. The summed E-state index contributed by atoms with van der Waals surface area (Å²) in [4.78, 5) is 0. The minimum atomic E-state index is 1.10. The van der Waals surface area contributed by atoms with E-state index in [4.69, 9.17) is 7.85 Å². The van der Waals surface area contributed by atoms with Crippen LogP contribution < -0.4 is 0 Å². The van der Waals surface area contributed by atoms with E-state index in [2.05, 4.69) is 12.6 Å². The highest BCUT2D eigenvalue weighted by Crippen LogP contribution is 2.12. The van der Waals surface area contributed by atoms with E-state index in [9.17, 15) is 0 Å². The molecule has 0 saturated heterocycles. The van der Waals surface area contributed by atoms with Crippen LogP contribution in [0.4, 0.5) is 0 Å². The highest BCUT2D eigenvalue weighted by Gasteiger charge is 1.91. The molecular formula is C10H9BS. The van der Waals surface area contributed by atoms with Gasteiger partial charge in [-0.25, -0.2) is 0 Å². The van der Waals surface area contributed by atoms with Gasteiger partial charge in [0.15, 0.2) is 0 Å². The van der Waals surface area contributed by atoms with Crippen molar-refractivity contribution in [2.24, 2.45) is 0 Å². The summed E-state index contributed by atoms with van der Waals surface area (Å²) in [6.07, 6.45) is 3.79. The van der Waals surface area contributed by atoms with Crippen molar-refractivity contribution in [3.63, 3.8) is 0 Å². The molecule has 0 fully saturated rings. The number of benzene rings is 1. The topological polar surface area (TPSA) is 0 Å². The van der Waals surface area contributed by atoms with Crippen LogP contribution in [-0.2, 0) is 0 Å². The number of thiol groups is 1. The molecule has 0 saturated carbocycles. The Morgan fingerprint density at radius 3 is 2.17 bits per heavy atom. The molecule has 0 bridgehead atoms. The molecule has 0 atom stereocenters. The first kappa shape index (κ1) is 9.20. The van der Waals surface area contributed by atoms with Gasteiger partial charge in [0, 0.05) is 0 Å². The summed E-state index contributed by atoms with van der Waals surface area (Å²) >= 11 is 4.01. The van der Waals surface area contributed by atoms with Crippen LogP contribution in [-0.4, -0.2) is 7.85 Å². The average molecular weight is 172 g/mol. The predicted molar refractivity (Wildman–Crippen MR) is 59.3 cm³/mol. The Kier molecular flexibility index (Phi) is 3.75. The lowest BCUT2D eigenvalue weighted by Gasteiger charge is -1.98. The largest absolute Gasteiger partial charge is 0.151 e. The third-order valence-corrected chi connectivity index (χ3v) is 1.67. The van der Waals surface area contributed by atoms with Crippen molar-refractivity contribution in [2.45, 2.75) is 0 Å². The van der Waals surface area contributed by atoms with E-state index in [-0.39, 0.29) is 0 Å². The molecule has 0 heterocycles. The molecule has 1 aromatic carbocycles. The summed E-state index contributed by atoms with van der Waals surface area (Å²) in [5.41, 5.74) is 2.22. The fraction of sp³-hybridized carbons (Fsp3) is 0. The molecule has 2 heteroatoms. The van der Waals surface area contributed by atoms with Gasteiger partial charge in [-0.05, 0) is 22.6 Å². The van der Waals surface area contributed by atoms with Crippen LogP contribution in [0.3, 0.4) is 0 Å². The quantitative estimate of drug-likeness (QED) is 0.514. The number of hydrogen-bond acceptors (Lipinski definition) is 1. The summed E-state index contributed by atoms with van der Waals surface area (Å²) in [5.74, 6) is 1.53. The van der Waals surface area contributed by atoms with E-state index in [1.165, 1.54) is 5.98 Å². The van der Waals surface area contributed by atoms with Crippen LogP contribution in [0.5, 0.6) is 0 Å². The van der Waals surface area contributed by atoms with Crippen molar-refractivity contribution in [1.29, 1.82) is 0 Å². The van der Waals surface area contributed by atoms with E-state index in [1.54, 1.807) is 5.41 Å². The van der Waals surface area contributed by atoms with Gasteiger partial charge in [-0.15, -0.1) is 5.98 Å². The molecule has 0 N–H and O–H groups in total. The molecule has 0 nitrogen and oxygen atoms in total. The monoisotopic (exact) mass is 172 g/mol. The molecule has 1 aromatic rings. The van der Waals surface area contributed by atoms with E-state index in [1.807, 2.05) is 36.4 Å². The van der Waals surface area contributed by atoms with Gasteiger partial charge in [0.2, 0.25) is 0 Å². The van der Waals surface area contributed by atoms with E-state index in [0.717, 1.165) is 11.1 Å². The molecule has 0 aliphatic rings. The standard InChI is InChI=1S/C10H9BS/c11-7-5-9-3-1-2-4-10(9)6-8-12/h1-8,12H/b7-5+,8-6+. The van der Waals surface area contributed by atoms with Crippen molar-refractivity contribution in [2.75, 3.05) is 0 Å². The van der Waals surface area contributed by atoms with Crippen LogP contribution in [0.25, 0.3) is 12.2 Å². The Bertz CT molecular complexity index is 271. The third-order valence-electron chi connectivity index (χ3n) is 1.53. The molecule has 58 valence electrons. The highest BCUT2D eigenvalue weighted by atomic mass is 32.1. The van der Waals surface area contributed by atoms with Gasteiger partial charge >= 0.3 is 0 Å². The summed E-state index contributed by atoms with van der Waals surface area (Å²) in [7, 11) is 5.30. The molecule has 0 unspecified atom stereocenters. The summed E-state index contributed by atoms with van der Waals surface area (Å²) in [6, 6.07) is 7.98. The number of rotatable bonds is 2. The maximum Gasteiger partial charge on any atom is 0.102 e. The van der Waals surface area contributed by atoms with Crippen LogP contribution in [0, 0.1) is 0 Å². The maximum absolute atomic E-state index is 5.30. The van der Waals surface area contributed by atoms with Crippen molar-refractivity contribution in [3.05, 3.63) is 46.8 Å². The Morgan fingerprint density at radius 2 is 1.67 bits per heavy atom. The zero-order valence-corrected chi connectivity index (χ0v) is 7.54. The molecule has 0 amide bonds. The minimum absolute atomic E-state index is 1.10. The second-order valence-electron chi connectivity index (χ2n) is 2.30. The van der Waals surface area contributed by atoms with E-state index >= 15 is 0 Å². The summed E-state index contributed by atoms with van der Waals surface area (Å²) < 4.78 is 0. The third kappa shape index (κ3) is 2.31. The average Bonchev–Trinajstić information content (AvgIpc) is 2.09. The van der Waals surface area contributed by atoms with Crippen LogP contribution in [0.15, 0.2) is 35.6 Å². The lowest BCUT2D eigenvalue weighted by molar-refractivity contribution is 1.62. The fourth-order valence-electron chi connectivity index (χ4n) is 0.998. The highest BCUT2D eigenvalue weighted by molar-refractivity contribution is 7.83. The minimum Gasteiger partial charge on any atom is -0.151 e. The zero-order chi connectivity index (χ0) is 8.81. The molecule has 0 spiro atoms. The lowest BCUT2D eigenvalue weighted by Crippen LogP contribution is -1.78. The van der Waals surface area contributed by atoms with Gasteiger partial charge in [0.1, 0.15) is 7.85 Å². The Morgan fingerprint density at radius 1 is 1.08 bits per heavy atom. The van der Waals surface area contributed by atoms with Crippen molar-refractivity contribution in [3.8, 4) is 0 Å². The lowest BCUT2D eigenvalue weighted by atomic mass is 10.0. The van der Waals surface area contributed by atoms with Crippen LogP contribution >= 0.6 is 12.6 Å². The molecule has 0 aliphatic carbocycles. The first-order chi connectivity index (χ1) is 5.88. The Hall–Kier alpha value is -0.885. The normalized spacial score (nSPS) is 11.4. The van der Waals surface area contributed by atoms with Crippen LogP contribution in [0.1, 0.15) is 11.1 Å². The molecule has 0 aromatic heterocycles. The Balaban J connectivity index is 3.08. The second-order valence-corrected chi connectivity index (χ2v) is 2.60.